The molecule has 8 amide bonds. The van der Waals surface area contributed by atoms with Gasteiger partial charge in [-0.05, 0) is 54.0 Å². The fourth-order valence-corrected chi connectivity index (χ4v) is 6.48. The zero-order valence-electron chi connectivity index (χ0n) is 40.8. The number of rotatable bonds is 33. The molecule has 4 rings (SSSR count). The maximum atomic E-state index is 13.6. The van der Waals surface area contributed by atoms with Gasteiger partial charge in [-0.15, -0.1) is 0 Å². The first-order valence-electron chi connectivity index (χ1n) is 23.4. The van der Waals surface area contributed by atoms with E-state index < -0.39 is 48.0 Å². The van der Waals surface area contributed by atoms with Gasteiger partial charge in [0.2, 0.25) is 35.5 Å². The van der Waals surface area contributed by atoms with Gasteiger partial charge in [-0.3, -0.25) is 24.6 Å². The Balaban J connectivity index is 1.13. The van der Waals surface area contributed by atoms with Crippen LogP contribution in [0.2, 0.25) is 0 Å². The summed E-state index contributed by atoms with van der Waals surface area (Å²) in [5, 5.41) is 16.1. The topological polar surface area (TPSA) is 392 Å². The van der Waals surface area contributed by atoms with Crippen LogP contribution < -0.4 is 59.4 Å². The molecule has 27 nitrogen and oxygen atoms in total. The lowest BCUT2D eigenvalue weighted by molar-refractivity contribution is -0.132. The van der Waals surface area contributed by atoms with Gasteiger partial charge in [-0.25, -0.2) is 25.2 Å². The number of nitrogens with one attached hydrogen (secondary N) is 8. The number of aromatic nitrogens is 4. The highest BCUT2D eigenvalue weighted by molar-refractivity contribution is 5.98. The lowest BCUT2D eigenvalue weighted by atomic mass is 10.0. The first kappa shape index (κ1) is 57.7. The molecule has 2 atom stereocenters. The number of hydrogen-bond donors (Lipinski definition) is 11. The molecule has 0 aliphatic carbocycles. The third kappa shape index (κ3) is 22.8. The van der Waals surface area contributed by atoms with Crippen LogP contribution in [0.15, 0.2) is 54.9 Å². The average molecular weight is 1020 g/mol. The maximum Gasteiger partial charge on any atom is 0.421 e. The molecule has 0 unspecified atom stereocenters. The Hall–Kier alpha value is -7.88. The van der Waals surface area contributed by atoms with Gasteiger partial charge in [0, 0.05) is 38.2 Å². The normalized spacial score (nSPS) is 11.7. The monoisotopic (exact) mass is 1020 g/mol. The molecular weight excluding hydrogens is 957 g/mol. The summed E-state index contributed by atoms with van der Waals surface area (Å²) in [6.07, 6.45) is 0.735. The maximum absolute atomic E-state index is 13.6. The smallest absolute Gasteiger partial charge is 0.421 e. The minimum atomic E-state index is -1.07. The number of nitrogens with zero attached hydrogens (tertiary/aromatic N) is 3. The van der Waals surface area contributed by atoms with E-state index in [1.165, 1.54) is 6.33 Å². The SMILES string of the molecule is CC(C)[C@H](NC(=O)CCCC(=O)NCc1ccc(COc2nc(N)nc3nc[nH]c23)cc1)C(=O)N[C@@H](CCCNC(N)=O)C(=O)Nc1ccc(COC(=O)NCCOCCOCCOCCOC(=O)NN)cc1. The molecule has 0 aliphatic heterocycles. The molecule has 2 heterocycles. The number of carbonyl (C=O) groups excluding carboxylic acids is 7. The van der Waals surface area contributed by atoms with E-state index in [2.05, 4.69) is 56.6 Å². The highest BCUT2D eigenvalue weighted by atomic mass is 16.6. The van der Waals surface area contributed by atoms with Crippen molar-refractivity contribution in [3.63, 3.8) is 0 Å². The second kappa shape index (κ2) is 32.2. The van der Waals surface area contributed by atoms with E-state index >= 15 is 0 Å². The second-order valence-electron chi connectivity index (χ2n) is 16.3. The Morgan fingerprint density at radius 1 is 0.671 bits per heavy atom. The third-order valence-electron chi connectivity index (χ3n) is 10.3. The van der Waals surface area contributed by atoms with Gasteiger partial charge in [-0.2, -0.15) is 9.97 Å². The number of hydrogen-bond acceptors (Lipinski definition) is 18. The van der Waals surface area contributed by atoms with Crippen LogP contribution in [0.4, 0.5) is 26.0 Å². The number of anilines is 2. The van der Waals surface area contributed by atoms with Crippen LogP contribution in [-0.2, 0) is 62.6 Å². The lowest BCUT2D eigenvalue weighted by Crippen LogP contribution is -2.54. The number of amides is 8. The first-order valence-corrected chi connectivity index (χ1v) is 23.4. The Morgan fingerprint density at radius 2 is 1.32 bits per heavy atom. The summed E-state index contributed by atoms with van der Waals surface area (Å²) >= 11 is 0. The van der Waals surface area contributed by atoms with E-state index in [0.29, 0.717) is 48.8 Å². The standard InChI is InChI=1S/C46H66N14O13/c1-29(2)37(57-36(62)7-3-6-35(61)52-25-30-8-10-31(11-9-30)26-72-42-38-39(54-28-53-38)58-43(47)59-42)41(64)56-34(5-4-16-50-44(48)65)40(63)55-33-14-12-32(13-15-33)27-73-45(66)51-17-18-68-19-20-69-21-22-70-23-24-71-46(67)60-49/h8-15,28-29,34,37H,3-7,16-27,49H2,1-2H3,(H,51,66)(H,52,61)(H,55,63)(H,56,64)(H,57,62)(H,60,67)(H3,48,50,65)(H3,47,53,54,58,59)/t34-,37-/m0/s1. The van der Waals surface area contributed by atoms with Crippen LogP contribution in [0, 0.1) is 5.92 Å². The molecule has 2 aromatic heterocycles. The van der Waals surface area contributed by atoms with Gasteiger partial charge in [0.05, 0.1) is 46.0 Å². The number of nitrogen functional groups attached to an aromatic ring is 1. The molecule has 27 heteroatoms. The second-order valence-corrected chi connectivity index (χ2v) is 16.3. The zero-order chi connectivity index (χ0) is 52.8. The number of urea groups is 1. The Morgan fingerprint density at radius 3 is 2.00 bits per heavy atom. The summed E-state index contributed by atoms with van der Waals surface area (Å²) in [5.74, 6) is 3.00. The number of benzene rings is 2. The molecule has 14 N–H and O–H groups in total. The van der Waals surface area contributed by atoms with Crippen LogP contribution in [0.25, 0.3) is 11.2 Å². The van der Waals surface area contributed by atoms with Crippen molar-refractivity contribution in [2.45, 2.75) is 77.8 Å². The summed E-state index contributed by atoms with van der Waals surface area (Å²) in [5.41, 5.74) is 16.4. The number of carbonyl (C=O) groups is 7. The van der Waals surface area contributed by atoms with Crippen LogP contribution >= 0.6 is 0 Å². The van der Waals surface area contributed by atoms with Crippen molar-refractivity contribution in [3.05, 3.63) is 71.5 Å². The molecule has 4 aromatic rings. The van der Waals surface area contributed by atoms with Crippen molar-refractivity contribution in [3.8, 4) is 5.88 Å². The van der Waals surface area contributed by atoms with Gasteiger partial charge in [0.15, 0.2) is 5.65 Å². The number of ether oxygens (including phenoxy) is 6. The van der Waals surface area contributed by atoms with Crippen molar-refractivity contribution >= 4 is 64.6 Å². The highest BCUT2D eigenvalue weighted by Gasteiger charge is 2.29. The molecule has 0 bridgehead atoms. The van der Waals surface area contributed by atoms with Gasteiger partial charge in [0.25, 0.3) is 0 Å². The minimum absolute atomic E-state index is 0.0276. The number of alkyl carbamates (subject to hydrolysis) is 1. The van der Waals surface area contributed by atoms with Crippen LogP contribution in [0.5, 0.6) is 5.88 Å². The molecule has 0 saturated carbocycles. The van der Waals surface area contributed by atoms with E-state index in [1.807, 2.05) is 29.7 Å². The molecular formula is C46H66N14O13. The predicted octanol–water partition coefficient (Wildman–Crippen LogP) is 0.889. The van der Waals surface area contributed by atoms with Gasteiger partial charge in [0.1, 0.15) is 37.4 Å². The highest BCUT2D eigenvalue weighted by Crippen LogP contribution is 2.21. The Labute approximate surface area is 420 Å². The van der Waals surface area contributed by atoms with Crippen molar-refractivity contribution < 1.29 is 62.0 Å². The fraction of sp³-hybridized carbons (Fsp3) is 0.478. The van der Waals surface area contributed by atoms with E-state index in [1.54, 1.807) is 38.1 Å². The molecule has 2 aromatic carbocycles. The number of primary amides is 1. The molecule has 73 heavy (non-hydrogen) atoms. The number of H-pyrrole nitrogens is 1. The number of fused-ring (bicyclic) bond motifs is 1. The summed E-state index contributed by atoms with van der Waals surface area (Å²) in [4.78, 5) is 102. The quantitative estimate of drug-likeness (QED) is 0.0137. The fourth-order valence-electron chi connectivity index (χ4n) is 6.48. The van der Waals surface area contributed by atoms with Crippen LogP contribution in [0.1, 0.15) is 62.6 Å². The number of nitrogens with two attached hydrogens (primary N) is 3. The third-order valence-corrected chi connectivity index (χ3v) is 10.3. The van der Waals surface area contributed by atoms with E-state index in [0.717, 1.165) is 11.1 Å². The summed E-state index contributed by atoms with van der Waals surface area (Å²) in [6, 6.07) is 11.1. The van der Waals surface area contributed by atoms with E-state index in [-0.39, 0.29) is 108 Å². The molecule has 0 saturated heterocycles. The number of imidazole rings is 1. The molecule has 398 valence electrons. The Bertz CT molecular complexity index is 2370. The van der Waals surface area contributed by atoms with Gasteiger partial charge < -0.3 is 76.8 Å². The van der Waals surface area contributed by atoms with Crippen molar-refractivity contribution in [2.75, 3.05) is 70.4 Å². The number of aromatic amines is 1. The lowest BCUT2D eigenvalue weighted by Gasteiger charge is -2.25. The van der Waals surface area contributed by atoms with Gasteiger partial charge >= 0.3 is 18.2 Å². The van der Waals surface area contributed by atoms with E-state index in [9.17, 15) is 33.6 Å². The Kier molecular flexibility index (Phi) is 25.4. The van der Waals surface area contributed by atoms with E-state index in [4.69, 9.17) is 41.0 Å². The molecule has 0 fully saturated rings. The van der Waals surface area contributed by atoms with Gasteiger partial charge in [-0.1, -0.05) is 50.2 Å². The minimum Gasteiger partial charge on any atom is -0.471 e. The summed E-state index contributed by atoms with van der Waals surface area (Å²) in [6.45, 7) is 5.95. The van der Waals surface area contributed by atoms with Crippen molar-refractivity contribution in [2.24, 2.45) is 17.5 Å². The number of hydrazine groups is 1. The van der Waals surface area contributed by atoms with Crippen molar-refractivity contribution in [1.29, 1.82) is 0 Å². The summed E-state index contributed by atoms with van der Waals surface area (Å²) in [7, 11) is 0. The zero-order valence-corrected chi connectivity index (χ0v) is 40.8. The molecule has 0 spiro atoms. The predicted molar refractivity (Wildman–Crippen MR) is 262 cm³/mol. The first-order chi connectivity index (χ1) is 35.2. The average Bonchev–Trinajstić information content (AvgIpc) is 3.85. The molecule has 0 aliphatic rings. The van der Waals surface area contributed by atoms with Crippen molar-refractivity contribution in [1.82, 2.24) is 51.9 Å². The van der Waals surface area contributed by atoms with Crippen LogP contribution in [-0.4, -0.2) is 133 Å². The van der Waals surface area contributed by atoms with Crippen LogP contribution in [0.3, 0.4) is 0 Å². The summed E-state index contributed by atoms with van der Waals surface area (Å²) < 4.78 is 31.8. The molecule has 0 radical (unpaired) electrons. The largest absolute Gasteiger partial charge is 0.471 e.